The van der Waals surface area contributed by atoms with Gasteiger partial charge in [-0.15, -0.1) is 0 Å². The predicted molar refractivity (Wildman–Crippen MR) is 60.8 cm³/mol. The molecule has 0 atom stereocenters. The molecule has 1 aliphatic carbocycles. The van der Waals surface area contributed by atoms with E-state index in [1.54, 1.807) is 7.11 Å². The molecule has 0 unspecified atom stereocenters. The number of methoxy groups -OCH3 is 1. The molecule has 1 aliphatic rings. The minimum absolute atomic E-state index is 0.213. The highest BCUT2D eigenvalue weighted by atomic mass is 79.9. The fourth-order valence-corrected chi connectivity index (χ4v) is 2.08. The van der Waals surface area contributed by atoms with E-state index in [0.29, 0.717) is 10.8 Å². The summed E-state index contributed by atoms with van der Waals surface area (Å²) in [4.78, 5) is 0. The Balaban J connectivity index is 2.55. The van der Waals surface area contributed by atoms with E-state index in [4.69, 9.17) is 22.1 Å². The number of rotatable bonds is 2. The summed E-state index contributed by atoms with van der Waals surface area (Å²) >= 11 is 9.46. The molecule has 2 nitrogen and oxygen atoms in total. The monoisotopic (exact) mass is 275 g/mol. The fraction of sp³-hybridized carbons (Fsp3) is 0.400. The van der Waals surface area contributed by atoms with Crippen LogP contribution in [0.2, 0.25) is 5.02 Å². The van der Waals surface area contributed by atoms with E-state index < -0.39 is 0 Å². The third-order valence-corrected chi connectivity index (χ3v) is 3.84. The zero-order valence-corrected chi connectivity index (χ0v) is 10.2. The van der Waals surface area contributed by atoms with Crippen LogP contribution in [0.15, 0.2) is 16.6 Å². The molecule has 0 spiro atoms. The van der Waals surface area contributed by atoms with E-state index in [2.05, 4.69) is 15.9 Å². The minimum atomic E-state index is -0.213. The Morgan fingerprint density at radius 2 is 2.14 bits per heavy atom. The molecular formula is C10H11BrClNO. The van der Waals surface area contributed by atoms with Gasteiger partial charge in [0.1, 0.15) is 5.75 Å². The molecule has 76 valence electrons. The molecule has 0 aromatic heterocycles. The highest BCUT2D eigenvalue weighted by molar-refractivity contribution is 9.10. The van der Waals surface area contributed by atoms with Gasteiger partial charge in [-0.25, -0.2) is 0 Å². The lowest BCUT2D eigenvalue weighted by atomic mass is 10.0. The van der Waals surface area contributed by atoms with Gasteiger partial charge in [-0.1, -0.05) is 17.7 Å². The van der Waals surface area contributed by atoms with Gasteiger partial charge in [-0.3, -0.25) is 0 Å². The molecule has 0 amide bonds. The number of hydrogen-bond acceptors (Lipinski definition) is 2. The Morgan fingerprint density at radius 1 is 1.50 bits per heavy atom. The summed E-state index contributed by atoms with van der Waals surface area (Å²) in [6.45, 7) is 0. The van der Waals surface area contributed by atoms with Gasteiger partial charge in [-0.05, 0) is 34.8 Å². The Morgan fingerprint density at radius 3 is 2.64 bits per heavy atom. The molecule has 2 rings (SSSR count). The van der Waals surface area contributed by atoms with Crippen LogP contribution in [0.4, 0.5) is 0 Å². The highest BCUT2D eigenvalue weighted by Crippen LogP contribution is 2.49. The molecule has 0 saturated heterocycles. The maximum Gasteiger partial charge on any atom is 0.143 e. The van der Waals surface area contributed by atoms with E-state index >= 15 is 0 Å². The van der Waals surface area contributed by atoms with Crippen molar-refractivity contribution in [2.24, 2.45) is 5.73 Å². The van der Waals surface area contributed by atoms with Gasteiger partial charge in [0.2, 0.25) is 0 Å². The van der Waals surface area contributed by atoms with E-state index in [1.807, 2.05) is 12.1 Å². The first kappa shape index (κ1) is 10.3. The molecule has 0 heterocycles. The SMILES string of the molecule is COc1c(C2(N)CC2)ccc(Br)c1Cl. The number of halogens is 2. The molecule has 1 fully saturated rings. The quantitative estimate of drug-likeness (QED) is 0.901. The summed E-state index contributed by atoms with van der Waals surface area (Å²) < 4.78 is 6.12. The van der Waals surface area contributed by atoms with Crippen molar-refractivity contribution in [2.75, 3.05) is 7.11 Å². The topological polar surface area (TPSA) is 35.2 Å². The zero-order valence-electron chi connectivity index (χ0n) is 7.81. The van der Waals surface area contributed by atoms with Crippen LogP contribution in [0.25, 0.3) is 0 Å². The molecule has 1 aromatic rings. The lowest BCUT2D eigenvalue weighted by molar-refractivity contribution is 0.404. The Hall–Kier alpha value is -0.250. The maximum absolute atomic E-state index is 6.11. The van der Waals surface area contributed by atoms with Crippen LogP contribution < -0.4 is 10.5 Å². The molecule has 14 heavy (non-hydrogen) atoms. The Kier molecular flexibility index (Phi) is 2.50. The predicted octanol–water partition coefficient (Wildman–Crippen LogP) is 3.06. The van der Waals surface area contributed by atoms with Crippen LogP contribution >= 0.6 is 27.5 Å². The van der Waals surface area contributed by atoms with Crippen LogP contribution in [0.1, 0.15) is 18.4 Å². The summed E-state index contributed by atoms with van der Waals surface area (Å²) in [5.41, 5.74) is 6.90. The standard InChI is InChI=1S/C10H11BrClNO/c1-14-9-6(10(13)4-5-10)2-3-7(11)8(9)12/h2-3H,4-5,13H2,1H3. The first-order valence-electron chi connectivity index (χ1n) is 4.40. The third-order valence-electron chi connectivity index (χ3n) is 2.58. The summed E-state index contributed by atoms with van der Waals surface area (Å²) in [5, 5.41) is 0.599. The molecule has 1 aromatic carbocycles. The second-order valence-corrected chi connectivity index (χ2v) is 4.83. The number of ether oxygens (including phenoxy) is 1. The van der Waals surface area contributed by atoms with Crippen molar-refractivity contribution in [1.82, 2.24) is 0 Å². The normalized spacial score (nSPS) is 18.0. The Labute approximate surface area is 96.5 Å². The van der Waals surface area contributed by atoms with Crippen LogP contribution in [-0.2, 0) is 5.54 Å². The maximum atomic E-state index is 6.11. The third kappa shape index (κ3) is 1.53. The molecule has 1 saturated carbocycles. The van der Waals surface area contributed by atoms with Gasteiger partial charge in [-0.2, -0.15) is 0 Å². The summed E-state index contributed by atoms with van der Waals surface area (Å²) in [5.74, 6) is 0.695. The number of nitrogens with two attached hydrogens (primary N) is 1. The highest BCUT2D eigenvalue weighted by Gasteiger charge is 2.42. The molecule has 0 bridgehead atoms. The molecular weight excluding hydrogens is 265 g/mol. The molecule has 4 heteroatoms. The van der Waals surface area contributed by atoms with Crippen molar-refractivity contribution in [3.63, 3.8) is 0 Å². The smallest absolute Gasteiger partial charge is 0.143 e. The van der Waals surface area contributed by atoms with Gasteiger partial charge >= 0.3 is 0 Å². The van der Waals surface area contributed by atoms with Crippen LogP contribution in [0, 0.1) is 0 Å². The average molecular weight is 277 g/mol. The summed E-state index contributed by atoms with van der Waals surface area (Å²) in [7, 11) is 1.61. The summed E-state index contributed by atoms with van der Waals surface area (Å²) in [6, 6.07) is 3.88. The van der Waals surface area contributed by atoms with E-state index in [9.17, 15) is 0 Å². The van der Waals surface area contributed by atoms with Gasteiger partial charge in [0.15, 0.2) is 0 Å². The second-order valence-electron chi connectivity index (χ2n) is 3.60. The van der Waals surface area contributed by atoms with E-state index in [-0.39, 0.29) is 5.54 Å². The van der Waals surface area contributed by atoms with Crippen molar-refractivity contribution < 1.29 is 4.74 Å². The molecule has 0 radical (unpaired) electrons. The minimum Gasteiger partial charge on any atom is -0.495 e. The summed E-state index contributed by atoms with van der Waals surface area (Å²) in [6.07, 6.45) is 2.00. The lowest BCUT2D eigenvalue weighted by Crippen LogP contribution is -2.19. The van der Waals surface area contributed by atoms with Gasteiger partial charge in [0.05, 0.1) is 12.1 Å². The van der Waals surface area contributed by atoms with Crippen LogP contribution in [0.5, 0.6) is 5.75 Å². The van der Waals surface area contributed by atoms with Gasteiger partial charge < -0.3 is 10.5 Å². The number of hydrogen-bond donors (Lipinski definition) is 1. The largest absolute Gasteiger partial charge is 0.495 e. The van der Waals surface area contributed by atoms with Crippen molar-refractivity contribution in [3.05, 3.63) is 27.2 Å². The second kappa shape index (κ2) is 3.40. The van der Waals surface area contributed by atoms with Gasteiger partial charge in [0, 0.05) is 15.6 Å². The van der Waals surface area contributed by atoms with Crippen LogP contribution in [-0.4, -0.2) is 7.11 Å². The van der Waals surface area contributed by atoms with Crippen LogP contribution in [0.3, 0.4) is 0 Å². The molecule has 0 aliphatic heterocycles. The Bertz CT molecular complexity index is 377. The number of benzene rings is 1. The van der Waals surface area contributed by atoms with E-state index in [1.165, 1.54) is 0 Å². The first-order chi connectivity index (χ1) is 6.58. The average Bonchev–Trinajstić information content (AvgIpc) is 2.89. The van der Waals surface area contributed by atoms with E-state index in [0.717, 1.165) is 22.9 Å². The van der Waals surface area contributed by atoms with Crippen molar-refractivity contribution in [2.45, 2.75) is 18.4 Å². The van der Waals surface area contributed by atoms with Gasteiger partial charge in [0.25, 0.3) is 0 Å². The first-order valence-corrected chi connectivity index (χ1v) is 5.57. The van der Waals surface area contributed by atoms with Crippen molar-refractivity contribution in [3.8, 4) is 5.75 Å². The zero-order chi connectivity index (χ0) is 10.3. The molecule has 2 N–H and O–H groups in total. The van der Waals surface area contributed by atoms with Crippen molar-refractivity contribution in [1.29, 1.82) is 0 Å². The lowest BCUT2D eigenvalue weighted by Gasteiger charge is -2.16. The fourth-order valence-electron chi connectivity index (χ4n) is 1.53. The van der Waals surface area contributed by atoms with Crippen molar-refractivity contribution >= 4 is 27.5 Å².